The zero-order valence-corrected chi connectivity index (χ0v) is 22.5. The van der Waals surface area contributed by atoms with Gasteiger partial charge in [0.1, 0.15) is 5.82 Å². The number of carbonyl (C=O) groups is 2. The van der Waals surface area contributed by atoms with E-state index in [1.807, 2.05) is 69.4 Å². The van der Waals surface area contributed by atoms with Crippen LogP contribution in [0.3, 0.4) is 0 Å². The zero-order chi connectivity index (χ0) is 28.0. The number of urea groups is 1. The fourth-order valence-electron chi connectivity index (χ4n) is 4.81. The lowest BCUT2D eigenvalue weighted by Gasteiger charge is -2.29. The molecule has 3 aromatic rings. The molecule has 0 unspecified atom stereocenters. The van der Waals surface area contributed by atoms with Crippen LogP contribution in [0, 0.1) is 50.9 Å². The number of nitrogens with zero attached hydrogens (tertiary/aromatic N) is 5. The molecule has 1 aromatic heterocycles. The summed E-state index contributed by atoms with van der Waals surface area (Å²) in [7, 11) is 3.31. The van der Waals surface area contributed by atoms with Crippen molar-refractivity contribution in [1.29, 1.82) is 5.26 Å². The second kappa shape index (κ2) is 12.1. The van der Waals surface area contributed by atoms with Crippen LogP contribution in [0.1, 0.15) is 33.7 Å². The molecule has 3 amide bonds. The van der Waals surface area contributed by atoms with Gasteiger partial charge in [-0.25, -0.2) is 14.7 Å². The van der Waals surface area contributed by atoms with Crippen LogP contribution in [0.4, 0.5) is 16.3 Å². The highest BCUT2D eigenvalue weighted by molar-refractivity contribution is 6.15. The Morgan fingerprint density at radius 2 is 1.58 bits per heavy atom. The number of pyridine rings is 1. The molecule has 194 valence electrons. The van der Waals surface area contributed by atoms with Crippen molar-refractivity contribution in [3.05, 3.63) is 88.6 Å². The number of carbonyl (C=O) groups excluding carboxylic acids is 2. The van der Waals surface area contributed by atoms with E-state index in [0.717, 1.165) is 28.1 Å². The summed E-state index contributed by atoms with van der Waals surface area (Å²) in [6.45, 7) is 6.91. The average molecular weight is 508 g/mol. The third-order valence-corrected chi connectivity index (χ3v) is 6.58. The maximum absolute atomic E-state index is 14.2. The first-order chi connectivity index (χ1) is 18.2. The summed E-state index contributed by atoms with van der Waals surface area (Å²) in [6, 6.07) is 18.9. The van der Waals surface area contributed by atoms with Gasteiger partial charge >= 0.3 is 6.03 Å². The average Bonchev–Trinajstić information content (AvgIpc) is 3.35. The topological polar surface area (TPSA) is 80.5 Å². The van der Waals surface area contributed by atoms with Gasteiger partial charge in [0.05, 0.1) is 23.2 Å². The molecule has 2 heterocycles. The number of imide groups is 1. The van der Waals surface area contributed by atoms with Crippen LogP contribution in [-0.4, -0.2) is 49.0 Å². The molecule has 0 aliphatic carbocycles. The largest absolute Gasteiger partial charge is 0.355 e. The predicted octanol–water partition coefficient (Wildman–Crippen LogP) is 5.06. The summed E-state index contributed by atoms with van der Waals surface area (Å²) >= 11 is 0. The van der Waals surface area contributed by atoms with Gasteiger partial charge in [-0.05, 0) is 73.4 Å². The Kier molecular flexibility index (Phi) is 8.89. The highest BCUT2D eigenvalue weighted by Gasteiger charge is 2.43. The Balaban J connectivity index is 0.00000195. The minimum atomic E-state index is -0.481. The van der Waals surface area contributed by atoms with Crippen LogP contribution in [0.25, 0.3) is 0 Å². The van der Waals surface area contributed by atoms with E-state index in [-0.39, 0.29) is 17.9 Å². The van der Waals surface area contributed by atoms with E-state index in [1.54, 1.807) is 26.2 Å². The molecule has 1 aliphatic heterocycles. The molecule has 0 saturated carbocycles. The number of hydrogen-bond donors (Lipinski definition) is 0. The molecular formula is C31H33N5O2. The molecule has 0 radical (unpaired) electrons. The monoisotopic (exact) mass is 507 g/mol. The van der Waals surface area contributed by atoms with Crippen molar-refractivity contribution in [3.63, 3.8) is 0 Å². The van der Waals surface area contributed by atoms with Gasteiger partial charge in [0.15, 0.2) is 0 Å². The number of terminal acetylenes is 1. The number of hydrogen-bond acceptors (Lipinski definition) is 5. The maximum Gasteiger partial charge on any atom is 0.330 e. The first kappa shape index (κ1) is 28.0. The van der Waals surface area contributed by atoms with Crippen molar-refractivity contribution in [2.24, 2.45) is 5.92 Å². The van der Waals surface area contributed by atoms with Crippen molar-refractivity contribution >= 4 is 23.4 Å². The fraction of sp³-hybridized carbons (Fsp3) is 0.290. The number of aryl methyl sites for hydroxylation is 3. The maximum atomic E-state index is 14.2. The van der Waals surface area contributed by atoms with Crippen LogP contribution >= 0.6 is 0 Å². The third-order valence-electron chi connectivity index (χ3n) is 6.58. The summed E-state index contributed by atoms with van der Waals surface area (Å²) in [6.07, 6.45) is 9.82. The first-order valence-electron chi connectivity index (χ1n) is 12.3. The molecule has 2 aromatic carbocycles. The predicted molar refractivity (Wildman–Crippen MR) is 151 cm³/mol. The summed E-state index contributed by atoms with van der Waals surface area (Å²) in [4.78, 5) is 37.0. The number of benzene rings is 2. The van der Waals surface area contributed by atoms with Crippen LogP contribution in [0.5, 0.6) is 0 Å². The molecule has 2 atom stereocenters. The summed E-state index contributed by atoms with van der Waals surface area (Å²) in [5, 5.41) is 9.23. The van der Waals surface area contributed by atoms with E-state index < -0.39 is 5.92 Å². The smallest absolute Gasteiger partial charge is 0.330 e. The molecule has 0 spiro atoms. The van der Waals surface area contributed by atoms with Crippen molar-refractivity contribution in [2.45, 2.75) is 26.7 Å². The molecule has 1 aliphatic rings. The Bertz CT molecular complexity index is 1330. The standard InChI is InChI=1S/C29H31N5O2.C2H2/c1-19-6-11-27(31-16-19)33-17-25(23-9-7-22(15-30)8-10-23)26(18-33)28(35)34(29(36)32(4)5)24-13-20(2)12-21(3)14-24;1-2/h6-14,16,25-26H,17-18H2,1-5H3;1-2H/t25-,26-;/m0./s1. The second-order valence-electron chi connectivity index (χ2n) is 9.74. The quantitative estimate of drug-likeness (QED) is 0.461. The number of anilines is 2. The van der Waals surface area contributed by atoms with Gasteiger partial charge in [0.2, 0.25) is 5.91 Å². The number of aromatic nitrogens is 1. The fourth-order valence-corrected chi connectivity index (χ4v) is 4.81. The summed E-state index contributed by atoms with van der Waals surface area (Å²) in [5.41, 5.74) is 5.12. The van der Waals surface area contributed by atoms with Crippen LogP contribution < -0.4 is 9.80 Å². The number of rotatable bonds is 4. The van der Waals surface area contributed by atoms with Crippen molar-refractivity contribution in [2.75, 3.05) is 37.0 Å². The molecule has 7 heteroatoms. The van der Waals surface area contributed by atoms with Crippen molar-refractivity contribution in [3.8, 4) is 18.9 Å². The minimum absolute atomic E-state index is 0.170. The van der Waals surface area contributed by atoms with E-state index in [4.69, 9.17) is 0 Å². The highest BCUT2D eigenvalue weighted by Crippen LogP contribution is 2.37. The van der Waals surface area contributed by atoms with Gasteiger partial charge in [-0.1, -0.05) is 24.3 Å². The van der Waals surface area contributed by atoms with Gasteiger partial charge in [-0.2, -0.15) is 5.26 Å². The SMILES string of the molecule is C#C.Cc1ccc(N2C[C@H](C(=O)N(C(=O)N(C)C)c3cc(C)cc(C)c3)[C@H](c3ccc(C#N)cc3)C2)nc1. The molecule has 4 rings (SSSR count). The van der Waals surface area contributed by atoms with Gasteiger partial charge in [-0.15, -0.1) is 12.8 Å². The number of nitriles is 1. The van der Waals surface area contributed by atoms with Gasteiger partial charge in [0.25, 0.3) is 0 Å². The summed E-state index contributed by atoms with van der Waals surface area (Å²) < 4.78 is 0. The number of amides is 3. The Morgan fingerprint density at radius 1 is 0.947 bits per heavy atom. The minimum Gasteiger partial charge on any atom is -0.355 e. The molecule has 0 N–H and O–H groups in total. The molecule has 7 nitrogen and oxygen atoms in total. The summed E-state index contributed by atoms with van der Waals surface area (Å²) in [5.74, 6) is -0.100. The normalized spacial score (nSPS) is 16.1. The van der Waals surface area contributed by atoms with E-state index in [9.17, 15) is 14.9 Å². The van der Waals surface area contributed by atoms with Crippen LogP contribution in [0.15, 0.2) is 60.8 Å². The van der Waals surface area contributed by atoms with Crippen molar-refractivity contribution in [1.82, 2.24) is 9.88 Å². The van der Waals surface area contributed by atoms with Crippen LogP contribution in [0.2, 0.25) is 0 Å². The Morgan fingerprint density at radius 3 is 2.11 bits per heavy atom. The van der Waals surface area contributed by atoms with E-state index in [0.29, 0.717) is 24.3 Å². The molecule has 38 heavy (non-hydrogen) atoms. The first-order valence-corrected chi connectivity index (χ1v) is 12.3. The van der Waals surface area contributed by atoms with E-state index >= 15 is 0 Å². The van der Waals surface area contributed by atoms with E-state index in [2.05, 4.69) is 28.8 Å². The highest BCUT2D eigenvalue weighted by atomic mass is 16.2. The molecule has 0 bridgehead atoms. The zero-order valence-electron chi connectivity index (χ0n) is 22.5. The second-order valence-corrected chi connectivity index (χ2v) is 9.74. The lowest BCUT2D eigenvalue weighted by molar-refractivity contribution is -0.121. The molecular weight excluding hydrogens is 474 g/mol. The third kappa shape index (κ3) is 6.02. The van der Waals surface area contributed by atoms with Crippen molar-refractivity contribution < 1.29 is 9.59 Å². The Hall–Kier alpha value is -4.62. The van der Waals surface area contributed by atoms with Crippen LogP contribution in [-0.2, 0) is 4.79 Å². The van der Waals surface area contributed by atoms with Gasteiger partial charge in [-0.3, -0.25) is 4.79 Å². The lowest BCUT2D eigenvalue weighted by Crippen LogP contribution is -2.47. The Labute approximate surface area is 225 Å². The van der Waals surface area contributed by atoms with E-state index in [1.165, 1.54) is 9.80 Å². The van der Waals surface area contributed by atoms with Gasteiger partial charge < -0.3 is 9.80 Å². The molecule has 1 saturated heterocycles. The molecule has 1 fully saturated rings. The van der Waals surface area contributed by atoms with Gasteiger partial charge in [0, 0.05) is 39.3 Å². The lowest BCUT2D eigenvalue weighted by atomic mass is 9.87.